The molecule has 2 aliphatic heterocycles. The molecular weight excluding hydrogens is 335 g/mol. The number of morpholine rings is 1. The van der Waals surface area contributed by atoms with Crippen molar-refractivity contribution in [3.05, 3.63) is 35.8 Å². The zero-order chi connectivity index (χ0) is 17.9. The van der Waals surface area contributed by atoms with Crippen LogP contribution in [0.1, 0.15) is 30.4 Å². The van der Waals surface area contributed by atoms with Crippen molar-refractivity contribution >= 4 is 5.82 Å². The minimum Gasteiger partial charge on any atom is -0.379 e. The van der Waals surface area contributed by atoms with E-state index >= 15 is 0 Å². The summed E-state index contributed by atoms with van der Waals surface area (Å²) < 4.78 is 21.6. The van der Waals surface area contributed by atoms with Gasteiger partial charge in [-0.25, -0.2) is 9.37 Å². The van der Waals surface area contributed by atoms with Crippen molar-refractivity contribution in [1.82, 2.24) is 24.6 Å². The first-order chi connectivity index (χ1) is 12.7. The highest BCUT2D eigenvalue weighted by Crippen LogP contribution is 2.29. The maximum atomic E-state index is 14.1. The van der Waals surface area contributed by atoms with Crippen LogP contribution < -0.4 is 4.90 Å². The van der Waals surface area contributed by atoms with E-state index in [0.29, 0.717) is 5.82 Å². The zero-order valence-electron chi connectivity index (χ0n) is 15.1. The number of piperidine rings is 1. The first-order valence-electron chi connectivity index (χ1n) is 9.26. The van der Waals surface area contributed by atoms with Crippen molar-refractivity contribution in [2.45, 2.75) is 25.3 Å². The monoisotopic (exact) mass is 360 g/mol. The second-order valence-corrected chi connectivity index (χ2v) is 7.02. The van der Waals surface area contributed by atoms with Gasteiger partial charge in [0.15, 0.2) is 11.6 Å². The summed E-state index contributed by atoms with van der Waals surface area (Å²) in [7, 11) is 2.03. The number of halogens is 1. The summed E-state index contributed by atoms with van der Waals surface area (Å²) in [6.45, 7) is 5.74. The van der Waals surface area contributed by atoms with E-state index in [4.69, 9.17) is 4.74 Å². The maximum absolute atomic E-state index is 14.1. The Morgan fingerprint density at radius 3 is 2.88 bits per heavy atom. The van der Waals surface area contributed by atoms with Gasteiger partial charge in [-0.15, -0.1) is 10.2 Å². The fourth-order valence-corrected chi connectivity index (χ4v) is 3.82. The van der Waals surface area contributed by atoms with Gasteiger partial charge >= 0.3 is 0 Å². The lowest BCUT2D eigenvalue weighted by atomic mass is 9.97. The molecule has 26 heavy (non-hydrogen) atoms. The Hall–Kier alpha value is -2.06. The van der Waals surface area contributed by atoms with Gasteiger partial charge < -0.3 is 14.2 Å². The number of hydrogen-bond acceptors (Lipinski definition) is 6. The summed E-state index contributed by atoms with van der Waals surface area (Å²) in [5.74, 6) is 2.37. The van der Waals surface area contributed by atoms with Crippen LogP contribution in [0, 0.1) is 5.82 Å². The third-order valence-electron chi connectivity index (χ3n) is 5.29. The minimum atomic E-state index is -0.265. The van der Waals surface area contributed by atoms with Crippen LogP contribution in [-0.4, -0.2) is 64.0 Å². The van der Waals surface area contributed by atoms with Crippen molar-refractivity contribution in [1.29, 1.82) is 0 Å². The van der Waals surface area contributed by atoms with Gasteiger partial charge in [0.25, 0.3) is 0 Å². The summed E-state index contributed by atoms with van der Waals surface area (Å²) in [6.07, 6.45) is 3.67. The SMILES string of the molecule is Cn1c(CN2CCOCC2)nnc1[C@H]1CCCN(c2ncccc2F)C1. The van der Waals surface area contributed by atoms with Crippen molar-refractivity contribution < 1.29 is 9.13 Å². The summed E-state index contributed by atoms with van der Waals surface area (Å²) in [6, 6.07) is 3.09. The summed E-state index contributed by atoms with van der Waals surface area (Å²) >= 11 is 0. The van der Waals surface area contributed by atoms with E-state index in [0.717, 1.165) is 70.4 Å². The van der Waals surface area contributed by atoms with Crippen LogP contribution in [0.2, 0.25) is 0 Å². The third kappa shape index (κ3) is 3.57. The van der Waals surface area contributed by atoms with Gasteiger partial charge in [-0.2, -0.15) is 0 Å². The molecular formula is C18H25FN6O. The van der Waals surface area contributed by atoms with Gasteiger partial charge in [-0.05, 0) is 25.0 Å². The molecule has 2 aromatic heterocycles. The molecule has 2 aromatic rings. The van der Waals surface area contributed by atoms with Crippen molar-refractivity contribution in [2.75, 3.05) is 44.3 Å². The molecule has 0 aliphatic carbocycles. The third-order valence-corrected chi connectivity index (χ3v) is 5.29. The Balaban J connectivity index is 1.48. The molecule has 0 spiro atoms. The Kier molecular flexibility index (Phi) is 5.12. The van der Waals surface area contributed by atoms with E-state index in [1.165, 1.54) is 6.07 Å². The second-order valence-electron chi connectivity index (χ2n) is 7.02. The molecule has 2 fully saturated rings. The number of aromatic nitrogens is 4. The molecule has 2 aliphatic rings. The standard InChI is InChI=1S/C18H25FN6O/c1-23-16(13-24-8-10-26-11-9-24)21-22-17(23)14-4-3-7-25(12-14)18-15(19)5-2-6-20-18/h2,5-6,14H,3-4,7-13H2,1H3/t14-/m0/s1. The number of pyridine rings is 1. The van der Waals surface area contributed by atoms with E-state index in [1.54, 1.807) is 12.3 Å². The molecule has 140 valence electrons. The van der Waals surface area contributed by atoms with Crippen LogP contribution >= 0.6 is 0 Å². The average molecular weight is 360 g/mol. The second kappa shape index (κ2) is 7.67. The van der Waals surface area contributed by atoms with Gasteiger partial charge in [-0.1, -0.05) is 0 Å². The average Bonchev–Trinajstić information content (AvgIpc) is 3.03. The van der Waals surface area contributed by atoms with Crippen LogP contribution in [0.25, 0.3) is 0 Å². The molecule has 2 saturated heterocycles. The Labute approximate surface area is 152 Å². The highest BCUT2D eigenvalue weighted by Gasteiger charge is 2.28. The number of ether oxygens (including phenoxy) is 1. The number of nitrogens with zero attached hydrogens (tertiary/aromatic N) is 6. The Morgan fingerprint density at radius 2 is 2.08 bits per heavy atom. The van der Waals surface area contributed by atoms with Crippen LogP contribution in [-0.2, 0) is 18.3 Å². The molecule has 4 heterocycles. The van der Waals surface area contributed by atoms with Crippen LogP contribution in [0.15, 0.2) is 18.3 Å². The lowest BCUT2D eigenvalue weighted by Gasteiger charge is -2.33. The highest BCUT2D eigenvalue weighted by molar-refractivity contribution is 5.40. The zero-order valence-corrected chi connectivity index (χ0v) is 15.1. The van der Waals surface area contributed by atoms with Gasteiger partial charge in [0.05, 0.1) is 19.8 Å². The fourth-order valence-electron chi connectivity index (χ4n) is 3.82. The van der Waals surface area contributed by atoms with Crippen LogP contribution in [0.4, 0.5) is 10.2 Å². The molecule has 0 aromatic carbocycles. The van der Waals surface area contributed by atoms with Gasteiger partial charge in [0, 0.05) is 45.3 Å². The highest BCUT2D eigenvalue weighted by atomic mass is 19.1. The topological polar surface area (TPSA) is 59.3 Å². The molecule has 0 bridgehead atoms. The lowest BCUT2D eigenvalue weighted by molar-refractivity contribution is 0.0326. The summed E-state index contributed by atoms with van der Waals surface area (Å²) in [5.41, 5.74) is 0. The quantitative estimate of drug-likeness (QED) is 0.825. The molecule has 4 rings (SSSR count). The maximum Gasteiger partial charge on any atom is 0.165 e. The van der Waals surface area contributed by atoms with E-state index in [9.17, 15) is 4.39 Å². The van der Waals surface area contributed by atoms with Crippen LogP contribution in [0.5, 0.6) is 0 Å². The lowest BCUT2D eigenvalue weighted by Crippen LogP contribution is -2.37. The van der Waals surface area contributed by atoms with E-state index in [1.807, 2.05) is 11.9 Å². The van der Waals surface area contributed by atoms with E-state index < -0.39 is 0 Å². The van der Waals surface area contributed by atoms with Crippen LogP contribution in [0.3, 0.4) is 0 Å². The molecule has 0 amide bonds. The molecule has 7 nitrogen and oxygen atoms in total. The van der Waals surface area contributed by atoms with Gasteiger partial charge in [0.1, 0.15) is 11.6 Å². The molecule has 0 saturated carbocycles. The molecule has 0 N–H and O–H groups in total. The van der Waals surface area contributed by atoms with E-state index in [-0.39, 0.29) is 11.7 Å². The molecule has 8 heteroatoms. The van der Waals surface area contributed by atoms with Gasteiger partial charge in [-0.3, -0.25) is 4.90 Å². The summed E-state index contributed by atoms with van der Waals surface area (Å²) in [4.78, 5) is 8.59. The number of rotatable bonds is 4. The smallest absolute Gasteiger partial charge is 0.165 e. The first-order valence-corrected chi connectivity index (χ1v) is 9.26. The van der Waals surface area contributed by atoms with Gasteiger partial charge in [0.2, 0.25) is 0 Å². The molecule has 1 atom stereocenters. The Bertz CT molecular complexity index is 745. The first kappa shape index (κ1) is 17.4. The van der Waals surface area contributed by atoms with E-state index in [2.05, 4.69) is 24.6 Å². The Morgan fingerprint density at radius 1 is 1.23 bits per heavy atom. The predicted octanol–water partition coefficient (Wildman–Crippen LogP) is 1.57. The fraction of sp³-hybridized carbons (Fsp3) is 0.611. The van der Waals surface area contributed by atoms with Crippen molar-refractivity contribution in [2.24, 2.45) is 7.05 Å². The number of hydrogen-bond donors (Lipinski definition) is 0. The van der Waals surface area contributed by atoms with Crippen molar-refractivity contribution in [3.8, 4) is 0 Å². The molecule has 0 unspecified atom stereocenters. The number of anilines is 1. The van der Waals surface area contributed by atoms with Crippen molar-refractivity contribution in [3.63, 3.8) is 0 Å². The predicted molar refractivity (Wildman–Crippen MR) is 95.5 cm³/mol. The molecule has 0 radical (unpaired) electrons. The minimum absolute atomic E-state index is 0.237. The summed E-state index contributed by atoms with van der Waals surface area (Å²) in [5, 5.41) is 8.89. The largest absolute Gasteiger partial charge is 0.379 e. The normalized spacial score (nSPS) is 21.9.